The summed E-state index contributed by atoms with van der Waals surface area (Å²) in [6.45, 7) is 0. The molecule has 1 rings (SSSR count). The summed E-state index contributed by atoms with van der Waals surface area (Å²) < 4.78 is 3.17. The third-order valence-corrected chi connectivity index (χ3v) is 2.90. The van der Waals surface area contributed by atoms with Gasteiger partial charge >= 0.3 is 0 Å². The zero-order valence-electron chi connectivity index (χ0n) is 2.82. The minimum Gasteiger partial charge on any atom is -0.245 e. The number of hydrogen-bond acceptors (Lipinski definition) is 2. The van der Waals surface area contributed by atoms with Crippen LogP contribution in [0.5, 0.6) is 0 Å². The first-order valence-corrected chi connectivity index (χ1v) is 3.79. The molecule has 1 nitrogen and oxygen atoms in total. The van der Waals surface area contributed by atoms with Gasteiger partial charge in [0.05, 0.1) is 0 Å². The predicted octanol–water partition coefficient (Wildman–Crippen LogP) is 0.831. The lowest BCUT2D eigenvalue weighted by Gasteiger charge is -1.75. The Hall–Kier alpha value is 0.740. The fourth-order valence-electron chi connectivity index (χ4n) is 0.255. The van der Waals surface area contributed by atoms with Crippen LogP contribution in [0.1, 0.15) is 0 Å². The highest BCUT2D eigenvalue weighted by molar-refractivity contribution is 8.02. The van der Waals surface area contributed by atoms with Gasteiger partial charge < -0.3 is 0 Å². The minimum atomic E-state index is 1.02. The van der Waals surface area contributed by atoms with Crippen molar-refractivity contribution in [1.82, 2.24) is 4.49 Å². The average Bonchev–Trinajstić information content (AvgIpc) is 1.76. The Labute approximate surface area is 37.9 Å². The van der Waals surface area contributed by atoms with Crippen molar-refractivity contribution in [2.75, 3.05) is 11.9 Å². The molecule has 0 radical (unpaired) electrons. The van der Waals surface area contributed by atoms with Gasteiger partial charge in [0, 0.05) is 5.75 Å². The van der Waals surface area contributed by atoms with Gasteiger partial charge in [-0.1, -0.05) is 11.9 Å². The summed E-state index contributed by atoms with van der Waals surface area (Å²) in [6.07, 6.45) is 1.38. The van der Waals surface area contributed by atoms with Gasteiger partial charge in [-0.25, -0.2) is 4.49 Å². The molecule has 3 heteroatoms. The van der Waals surface area contributed by atoms with E-state index in [0.29, 0.717) is 0 Å². The fourth-order valence-corrected chi connectivity index (χ4v) is 2.30. The lowest BCUT2D eigenvalue weighted by molar-refractivity contribution is 1.58. The fraction of sp³-hybridized carbons (Fsp3) is 1.00. The van der Waals surface area contributed by atoms with Gasteiger partial charge in [-0.15, -0.1) is 0 Å². The van der Waals surface area contributed by atoms with E-state index in [1.165, 1.54) is 11.9 Å². The van der Waals surface area contributed by atoms with Crippen LogP contribution in [0, 0.1) is 0 Å². The van der Waals surface area contributed by atoms with E-state index >= 15 is 0 Å². The zero-order chi connectivity index (χ0) is 3.54. The van der Waals surface area contributed by atoms with Crippen LogP contribution in [0.4, 0.5) is 0 Å². The summed E-state index contributed by atoms with van der Waals surface area (Å²) in [6, 6.07) is 0. The van der Waals surface area contributed by atoms with Gasteiger partial charge in [0.25, 0.3) is 0 Å². The first kappa shape index (κ1) is 3.91. The molecule has 1 aliphatic rings. The Morgan fingerprint density at radius 2 is 2.80 bits per heavy atom. The molecule has 1 heterocycles. The Balaban J connectivity index is 2.08. The van der Waals surface area contributed by atoms with Gasteiger partial charge in [-0.2, -0.15) is 0 Å². The molecule has 0 spiro atoms. The van der Waals surface area contributed by atoms with Crippen molar-refractivity contribution in [1.29, 1.82) is 0 Å². The van der Waals surface area contributed by atoms with Crippen LogP contribution in [-0.2, 0) is 0 Å². The molecule has 0 aromatic carbocycles. The van der Waals surface area contributed by atoms with Crippen LogP contribution in [0.25, 0.3) is 0 Å². The van der Waals surface area contributed by atoms with Gasteiger partial charge in [0.1, 0.15) is 0 Å². The second-order valence-corrected chi connectivity index (χ2v) is 3.24. The molecule has 0 bridgehead atoms. The van der Waals surface area contributed by atoms with E-state index in [1.807, 2.05) is 11.9 Å². The molecular weight excluding hydrogens is 101 g/mol. The van der Waals surface area contributed by atoms with Crippen molar-refractivity contribution < 1.29 is 0 Å². The van der Waals surface area contributed by atoms with Gasteiger partial charge in [0.15, 0.2) is 0 Å². The monoisotopic (exact) mass is 107 g/mol. The molecule has 1 saturated heterocycles. The molecule has 0 amide bonds. The summed E-state index contributed by atoms with van der Waals surface area (Å²) in [7, 11) is 1.02. The van der Waals surface area contributed by atoms with E-state index in [-0.39, 0.29) is 0 Å². The highest BCUT2D eigenvalue weighted by Gasteiger charge is 1.93. The van der Waals surface area contributed by atoms with Crippen molar-refractivity contribution in [2.24, 2.45) is 0 Å². The third-order valence-electron chi connectivity index (χ3n) is 0.473. The van der Waals surface area contributed by atoms with Gasteiger partial charge in [-0.3, -0.25) is 0 Å². The summed E-state index contributed by atoms with van der Waals surface area (Å²) in [5.41, 5.74) is 0. The zero-order valence-corrected chi connectivity index (χ0v) is 4.64. The minimum absolute atomic E-state index is 1.02. The van der Waals surface area contributed by atoms with Crippen LogP contribution < -0.4 is 4.49 Å². The Kier molecular flexibility index (Phi) is 1.58. The molecule has 1 fully saturated rings. The smallest absolute Gasteiger partial charge is 0.0130 e. The molecule has 0 aromatic rings. The largest absolute Gasteiger partial charge is 0.245 e. The summed E-state index contributed by atoms with van der Waals surface area (Å²) in [4.78, 5) is 0. The highest BCUT2D eigenvalue weighted by Crippen LogP contribution is 2.18. The molecule has 1 N–H and O–H groups in total. The van der Waals surface area contributed by atoms with E-state index in [9.17, 15) is 0 Å². The van der Waals surface area contributed by atoms with Crippen molar-refractivity contribution in [3.63, 3.8) is 0 Å². The molecule has 1 unspecified atom stereocenters. The Morgan fingerprint density at radius 3 is 3.00 bits per heavy atom. The quantitative estimate of drug-likeness (QED) is 0.363. The molecule has 30 valence electrons. The lowest BCUT2D eigenvalue weighted by atomic mass is 11.0. The number of nitrogens with one attached hydrogen (secondary N) is 1. The summed E-state index contributed by atoms with van der Waals surface area (Å²) >= 11 is 1.84. The molecule has 0 saturated carbocycles. The molecule has 0 aromatic heterocycles. The van der Waals surface area contributed by atoms with Crippen LogP contribution in [-0.4, -0.2) is 11.9 Å². The van der Waals surface area contributed by atoms with E-state index in [1.54, 1.807) is 0 Å². The van der Waals surface area contributed by atoms with Gasteiger partial charge in [-0.05, 0) is 14.9 Å². The summed E-state index contributed by atoms with van der Waals surface area (Å²) in [5.74, 6) is 1.32. The highest BCUT2D eigenvalue weighted by atomic mass is 32.2. The number of rotatable bonds is 0. The van der Waals surface area contributed by atoms with Crippen LogP contribution in [0.3, 0.4) is 0 Å². The van der Waals surface area contributed by atoms with E-state index in [0.717, 1.165) is 8.73 Å². The van der Waals surface area contributed by atoms with Crippen molar-refractivity contribution in [2.45, 2.75) is 0 Å². The molecule has 1 atom stereocenters. The maximum atomic E-state index is 3.17. The van der Waals surface area contributed by atoms with Crippen LogP contribution in [0.2, 0.25) is 0 Å². The average molecular weight is 107 g/mol. The third kappa shape index (κ3) is 1.08. The van der Waals surface area contributed by atoms with Gasteiger partial charge in [0.2, 0.25) is 0 Å². The normalized spacial score (nSPS) is 28.8. The molecule has 0 aliphatic carbocycles. The van der Waals surface area contributed by atoms with E-state index in [2.05, 4.69) is 4.49 Å². The second kappa shape index (κ2) is 2.01. The van der Waals surface area contributed by atoms with E-state index in [4.69, 9.17) is 0 Å². The topological polar surface area (TPSA) is 12.0 Å². The predicted molar refractivity (Wildman–Crippen MR) is 28.8 cm³/mol. The van der Waals surface area contributed by atoms with Crippen LogP contribution >= 0.6 is 20.7 Å². The second-order valence-electron chi connectivity index (χ2n) is 0.877. The number of hydrogen-bond donors (Lipinski definition) is 1. The van der Waals surface area contributed by atoms with Crippen molar-refractivity contribution >= 4 is 20.7 Å². The maximum absolute atomic E-state index is 3.17. The van der Waals surface area contributed by atoms with Crippen molar-refractivity contribution in [3.05, 3.63) is 0 Å². The maximum Gasteiger partial charge on any atom is 0.0130 e. The van der Waals surface area contributed by atoms with Crippen molar-refractivity contribution in [3.8, 4) is 0 Å². The first-order valence-electron chi connectivity index (χ1n) is 1.60. The molecular formula is C2H6NPS. The first-order chi connectivity index (χ1) is 2.50. The van der Waals surface area contributed by atoms with Crippen LogP contribution in [0.15, 0.2) is 0 Å². The van der Waals surface area contributed by atoms with E-state index < -0.39 is 0 Å². The Bertz CT molecular complexity index is 21.2. The SMILES string of the molecule is C1CSNP1. The Morgan fingerprint density at radius 1 is 1.80 bits per heavy atom. The molecule has 5 heavy (non-hydrogen) atoms. The summed E-state index contributed by atoms with van der Waals surface area (Å²) in [5, 5.41) is 0. The lowest BCUT2D eigenvalue weighted by Crippen LogP contribution is -1.70. The molecule has 1 aliphatic heterocycles. The standard InChI is InChI=1S/C2H6NPS/c1-2-5-3-4-1/h3-4H,1-2H2.